The SMILES string of the molecule is C[C@H](C(=O)SC(C)(C)C)[C@@H](C#C[Si](C)(C)C)N=[N+]=[N-]. The van der Waals surface area contributed by atoms with Gasteiger partial charge in [-0.2, -0.15) is 0 Å². The highest BCUT2D eigenvalue weighted by Gasteiger charge is 2.26. The van der Waals surface area contributed by atoms with Crippen molar-refractivity contribution in [1.29, 1.82) is 0 Å². The third kappa shape index (κ3) is 8.76. The summed E-state index contributed by atoms with van der Waals surface area (Å²) in [6, 6.07) is -0.570. The number of hydrogen-bond donors (Lipinski definition) is 0. The van der Waals surface area contributed by atoms with Gasteiger partial charge in [0.15, 0.2) is 5.12 Å². The van der Waals surface area contributed by atoms with Crippen LogP contribution in [0.3, 0.4) is 0 Å². The van der Waals surface area contributed by atoms with Gasteiger partial charge in [0.1, 0.15) is 14.1 Å². The van der Waals surface area contributed by atoms with Crippen LogP contribution in [0.25, 0.3) is 10.4 Å². The summed E-state index contributed by atoms with van der Waals surface area (Å²) in [5.74, 6) is 2.60. The lowest BCUT2D eigenvalue weighted by atomic mass is 10.1. The van der Waals surface area contributed by atoms with Crippen molar-refractivity contribution in [2.24, 2.45) is 11.0 Å². The van der Waals surface area contributed by atoms with Crippen LogP contribution in [0.1, 0.15) is 27.7 Å². The van der Waals surface area contributed by atoms with E-state index in [0.29, 0.717) is 0 Å². The highest BCUT2D eigenvalue weighted by atomic mass is 32.2. The van der Waals surface area contributed by atoms with Crippen LogP contribution >= 0.6 is 11.8 Å². The summed E-state index contributed by atoms with van der Waals surface area (Å²) >= 11 is 1.27. The van der Waals surface area contributed by atoms with Crippen LogP contribution in [-0.2, 0) is 4.79 Å². The van der Waals surface area contributed by atoms with Crippen molar-refractivity contribution in [3.8, 4) is 11.5 Å². The molecule has 0 aliphatic rings. The second kappa shape index (κ2) is 7.04. The first-order valence-corrected chi connectivity index (χ1v) is 10.6. The molecular weight excluding hydrogens is 274 g/mol. The summed E-state index contributed by atoms with van der Waals surface area (Å²) in [6.07, 6.45) is 0. The fraction of sp³-hybridized carbons (Fsp3) is 0.769. The van der Waals surface area contributed by atoms with Gasteiger partial charge in [-0.3, -0.25) is 4.79 Å². The van der Waals surface area contributed by atoms with Crippen molar-refractivity contribution in [2.45, 2.75) is 58.1 Å². The van der Waals surface area contributed by atoms with Gasteiger partial charge in [-0.05, 0) is 5.53 Å². The first kappa shape index (κ1) is 18.1. The molecule has 0 aromatic rings. The molecule has 0 bridgehead atoms. The van der Waals surface area contributed by atoms with E-state index in [1.807, 2.05) is 20.8 Å². The Morgan fingerprint density at radius 1 is 1.37 bits per heavy atom. The minimum atomic E-state index is -1.54. The summed E-state index contributed by atoms with van der Waals surface area (Å²) < 4.78 is -0.140. The van der Waals surface area contributed by atoms with Crippen molar-refractivity contribution in [3.05, 3.63) is 10.4 Å². The van der Waals surface area contributed by atoms with E-state index in [2.05, 4.69) is 41.1 Å². The molecule has 0 N–H and O–H groups in total. The molecule has 0 saturated carbocycles. The number of hydrogen-bond acceptors (Lipinski definition) is 3. The van der Waals surface area contributed by atoms with Crippen LogP contribution in [0, 0.1) is 17.4 Å². The molecule has 0 aliphatic carbocycles. The van der Waals surface area contributed by atoms with Gasteiger partial charge in [0.25, 0.3) is 0 Å². The first-order valence-electron chi connectivity index (χ1n) is 6.26. The Balaban J connectivity index is 5.04. The average Bonchev–Trinajstić information content (AvgIpc) is 2.19. The summed E-state index contributed by atoms with van der Waals surface area (Å²) in [6.45, 7) is 14.1. The molecule has 0 aromatic heterocycles. The summed E-state index contributed by atoms with van der Waals surface area (Å²) in [4.78, 5) is 14.9. The van der Waals surface area contributed by atoms with E-state index < -0.39 is 14.1 Å². The highest BCUT2D eigenvalue weighted by molar-refractivity contribution is 8.14. The fourth-order valence-corrected chi connectivity index (χ4v) is 2.62. The van der Waals surface area contributed by atoms with E-state index >= 15 is 0 Å². The van der Waals surface area contributed by atoms with E-state index in [0.717, 1.165) is 0 Å². The minimum absolute atomic E-state index is 0.0229. The zero-order valence-electron chi connectivity index (χ0n) is 12.8. The van der Waals surface area contributed by atoms with Crippen LogP contribution in [0.5, 0.6) is 0 Å². The molecule has 0 aromatic carbocycles. The number of rotatable bonds is 3. The maximum Gasteiger partial charge on any atom is 0.193 e. The predicted molar refractivity (Wildman–Crippen MR) is 85.6 cm³/mol. The Kier molecular flexibility index (Phi) is 6.71. The Hall–Kier alpha value is -0.893. The monoisotopic (exact) mass is 297 g/mol. The molecule has 0 fully saturated rings. The van der Waals surface area contributed by atoms with E-state index in [-0.39, 0.29) is 15.8 Å². The van der Waals surface area contributed by atoms with Gasteiger partial charge in [0, 0.05) is 15.6 Å². The van der Waals surface area contributed by atoms with Crippen LogP contribution in [0.15, 0.2) is 5.11 Å². The molecule has 0 aliphatic heterocycles. The number of azide groups is 1. The quantitative estimate of drug-likeness (QED) is 0.257. The molecule has 6 heteroatoms. The topological polar surface area (TPSA) is 65.8 Å². The third-order valence-electron chi connectivity index (χ3n) is 2.02. The van der Waals surface area contributed by atoms with Crippen molar-refractivity contribution in [1.82, 2.24) is 0 Å². The maximum atomic E-state index is 12.1. The van der Waals surface area contributed by atoms with Crippen LogP contribution < -0.4 is 0 Å². The lowest BCUT2D eigenvalue weighted by Crippen LogP contribution is -2.25. The molecule has 0 spiro atoms. The largest absolute Gasteiger partial charge is 0.287 e. The molecule has 4 nitrogen and oxygen atoms in total. The summed E-state index contributed by atoms with van der Waals surface area (Å²) in [5, 5.41) is 3.70. The van der Waals surface area contributed by atoms with Crippen molar-refractivity contribution in [2.75, 3.05) is 0 Å². The smallest absolute Gasteiger partial charge is 0.193 e. The number of nitrogens with zero attached hydrogens (tertiary/aromatic N) is 3. The molecule has 19 heavy (non-hydrogen) atoms. The fourth-order valence-electron chi connectivity index (χ4n) is 1.12. The molecule has 0 radical (unpaired) electrons. The number of thioether (sulfide) groups is 1. The second-order valence-corrected chi connectivity index (χ2v) is 13.1. The van der Waals surface area contributed by atoms with Gasteiger partial charge in [-0.25, -0.2) is 0 Å². The highest BCUT2D eigenvalue weighted by Crippen LogP contribution is 2.28. The number of carbonyl (C=O) groups is 1. The lowest BCUT2D eigenvalue weighted by molar-refractivity contribution is -0.114. The lowest BCUT2D eigenvalue weighted by Gasteiger charge is -2.20. The maximum absolute atomic E-state index is 12.1. The predicted octanol–water partition coefficient (Wildman–Crippen LogP) is 4.24. The summed E-state index contributed by atoms with van der Waals surface area (Å²) in [7, 11) is -1.54. The van der Waals surface area contributed by atoms with Gasteiger partial charge in [-0.15, -0.1) is 11.5 Å². The van der Waals surface area contributed by atoms with E-state index in [1.54, 1.807) is 6.92 Å². The summed E-state index contributed by atoms with van der Waals surface area (Å²) in [5.41, 5.74) is 11.8. The van der Waals surface area contributed by atoms with E-state index in [1.165, 1.54) is 11.8 Å². The Morgan fingerprint density at radius 2 is 1.89 bits per heavy atom. The van der Waals surface area contributed by atoms with Gasteiger partial charge in [0.2, 0.25) is 0 Å². The van der Waals surface area contributed by atoms with Gasteiger partial charge in [-0.1, -0.05) is 64.2 Å². The molecule has 0 heterocycles. The molecule has 0 amide bonds. The van der Waals surface area contributed by atoms with E-state index in [4.69, 9.17) is 5.53 Å². The molecule has 106 valence electrons. The third-order valence-corrected chi connectivity index (χ3v) is 4.10. The van der Waals surface area contributed by atoms with Crippen molar-refractivity contribution < 1.29 is 4.79 Å². The van der Waals surface area contributed by atoms with Crippen LogP contribution in [-0.4, -0.2) is 24.0 Å². The Morgan fingerprint density at radius 3 is 2.26 bits per heavy atom. The zero-order valence-corrected chi connectivity index (χ0v) is 14.6. The normalized spacial score (nSPS) is 14.7. The molecule has 0 saturated heterocycles. The number of carbonyl (C=O) groups excluding carboxylic acids is 1. The van der Waals surface area contributed by atoms with Crippen molar-refractivity contribution >= 4 is 25.0 Å². The average molecular weight is 297 g/mol. The minimum Gasteiger partial charge on any atom is -0.287 e. The molecular formula is C13H23N3OSSi. The van der Waals surface area contributed by atoms with Crippen molar-refractivity contribution in [3.63, 3.8) is 0 Å². The van der Waals surface area contributed by atoms with Gasteiger partial charge < -0.3 is 0 Å². The second-order valence-electron chi connectivity index (χ2n) is 6.49. The van der Waals surface area contributed by atoms with Crippen LogP contribution in [0.4, 0.5) is 0 Å². The molecule has 2 atom stereocenters. The van der Waals surface area contributed by atoms with E-state index in [9.17, 15) is 4.79 Å². The Labute approximate surface area is 121 Å². The van der Waals surface area contributed by atoms with Gasteiger partial charge in [0.05, 0.1) is 0 Å². The zero-order chi connectivity index (χ0) is 15.3. The van der Waals surface area contributed by atoms with Gasteiger partial charge >= 0.3 is 0 Å². The molecule has 0 unspecified atom stereocenters. The molecule has 0 rings (SSSR count). The first-order chi connectivity index (χ1) is 8.46. The van der Waals surface area contributed by atoms with Crippen LogP contribution in [0.2, 0.25) is 19.6 Å². The standard InChI is InChI=1S/C13H23N3OSSi/c1-10(12(17)18-13(2,3)4)11(15-16-14)8-9-19(5,6)7/h10-11H,1-7H3/t10-,11+/m0/s1. The Bertz CT molecular complexity index is 434.